The van der Waals surface area contributed by atoms with Gasteiger partial charge in [0.05, 0.1) is 0 Å². The minimum atomic E-state index is -0.982. The van der Waals surface area contributed by atoms with Crippen molar-refractivity contribution in [3.8, 4) is 0 Å². The molecule has 1 amide bonds. The van der Waals surface area contributed by atoms with E-state index in [0.717, 1.165) is 16.5 Å². The molecule has 0 fully saturated rings. The minimum Gasteiger partial charge on any atom is -0.477 e. The van der Waals surface area contributed by atoms with Gasteiger partial charge in [-0.3, -0.25) is 4.79 Å². The Labute approximate surface area is 133 Å². The molecule has 3 aromatic rings. The third-order valence-corrected chi connectivity index (χ3v) is 3.70. The van der Waals surface area contributed by atoms with Crippen molar-refractivity contribution in [1.29, 1.82) is 0 Å². The molecule has 0 saturated heterocycles. The molecule has 3 rings (SSSR count). The van der Waals surface area contributed by atoms with Crippen LogP contribution >= 0.6 is 0 Å². The second kappa shape index (κ2) is 6.36. The summed E-state index contributed by atoms with van der Waals surface area (Å²) < 4.78 is 0. The van der Waals surface area contributed by atoms with Gasteiger partial charge < -0.3 is 15.4 Å². The van der Waals surface area contributed by atoms with E-state index >= 15 is 0 Å². The number of benzene rings is 2. The number of carbonyl (C=O) groups excluding carboxylic acids is 1. The Bertz CT molecular complexity index is 853. The standard InChI is InChI=1S/C18H16N2O3/c21-17(13-5-2-1-3-6-13)19-10-9-12-7-4-8-15-14(12)11-16(20-15)18(22)23/h1-8,11,20H,9-10H2,(H,19,21)(H,22,23). The van der Waals surface area contributed by atoms with Gasteiger partial charge in [-0.2, -0.15) is 0 Å². The molecule has 1 aromatic heterocycles. The average molecular weight is 308 g/mol. The number of hydrogen-bond acceptors (Lipinski definition) is 2. The molecule has 2 aromatic carbocycles. The summed E-state index contributed by atoms with van der Waals surface area (Å²) in [6.07, 6.45) is 0.632. The highest BCUT2D eigenvalue weighted by Crippen LogP contribution is 2.20. The Hall–Kier alpha value is -3.08. The Kier molecular flexibility index (Phi) is 4.10. The van der Waals surface area contributed by atoms with E-state index in [0.29, 0.717) is 18.5 Å². The first kappa shape index (κ1) is 14.8. The summed E-state index contributed by atoms with van der Waals surface area (Å²) in [4.78, 5) is 25.9. The van der Waals surface area contributed by atoms with Gasteiger partial charge in [0.1, 0.15) is 5.69 Å². The number of amides is 1. The molecular weight excluding hydrogens is 292 g/mol. The number of H-pyrrole nitrogens is 1. The molecule has 0 atom stereocenters. The third kappa shape index (κ3) is 3.23. The lowest BCUT2D eigenvalue weighted by Crippen LogP contribution is -2.25. The summed E-state index contributed by atoms with van der Waals surface area (Å²) in [5.74, 6) is -1.09. The molecule has 0 aliphatic rings. The zero-order chi connectivity index (χ0) is 16.2. The first-order valence-corrected chi connectivity index (χ1v) is 7.32. The minimum absolute atomic E-state index is 0.113. The van der Waals surface area contributed by atoms with Crippen LogP contribution in [0.3, 0.4) is 0 Å². The van der Waals surface area contributed by atoms with Crippen LogP contribution in [-0.2, 0) is 6.42 Å². The maximum atomic E-state index is 12.0. The zero-order valence-electron chi connectivity index (χ0n) is 12.4. The highest BCUT2D eigenvalue weighted by atomic mass is 16.4. The van der Waals surface area contributed by atoms with Crippen molar-refractivity contribution in [3.63, 3.8) is 0 Å². The Morgan fingerprint density at radius 3 is 2.57 bits per heavy atom. The van der Waals surface area contributed by atoms with Gasteiger partial charge >= 0.3 is 5.97 Å². The number of aromatic amines is 1. The average Bonchev–Trinajstić information content (AvgIpc) is 3.01. The van der Waals surface area contributed by atoms with Gasteiger partial charge in [-0.1, -0.05) is 30.3 Å². The first-order valence-electron chi connectivity index (χ1n) is 7.32. The predicted molar refractivity (Wildman–Crippen MR) is 87.7 cm³/mol. The predicted octanol–water partition coefficient (Wildman–Crippen LogP) is 2.84. The van der Waals surface area contributed by atoms with Crippen LogP contribution in [0.15, 0.2) is 54.6 Å². The fourth-order valence-electron chi connectivity index (χ4n) is 2.55. The van der Waals surface area contributed by atoms with Crippen LogP contribution in [0.2, 0.25) is 0 Å². The van der Waals surface area contributed by atoms with Gasteiger partial charge in [-0.05, 0) is 36.2 Å². The molecule has 5 heteroatoms. The summed E-state index contributed by atoms with van der Waals surface area (Å²) in [6.45, 7) is 0.487. The van der Waals surface area contributed by atoms with Crippen molar-refractivity contribution >= 4 is 22.8 Å². The monoisotopic (exact) mass is 308 g/mol. The molecular formula is C18H16N2O3. The molecule has 0 radical (unpaired) electrons. The van der Waals surface area contributed by atoms with E-state index in [-0.39, 0.29) is 11.6 Å². The lowest BCUT2D eigenvalue weighted by molar-refractivity contribution is 0.0691. The number of carboxylic acid groups (broad SMARTS) is 1. The van der Waals surface area contributed by atoms with Crippen LogP contribution in [0.1, 0.15) is 26.4 Å². The number of carbonyl (C=O) groups is 2. The molecule has 23 heavy (non-hydrogen) atoms. The number of aromatic nitrogens is 1. The molecule has 1 heterocycles. The molecule has 3 N–H and O–H groups in total. The fourth-order valence-corrected chi connectivity index (χ4v) is 2.55. The quantitative estimate of drug-likeness (QED) is 0.678. The number of rotatable bonds is 5. The Morgan fingerprint density at radius 2 is 1.83 bits per heavy atom. The molecule has 5 nitrogen and oxygen atoms in total. The van der Waals surface area contributed by atoms with E-state index in [4.69, 9.17) is 5.11 Å². The number of carboxylic acids is 1. The summed E-state index contributed by atoms with van der Waals surface area (Å²) in [6, 6.07) is 16.3. The Balaban J connectivity index is 1.70. The SMILES string of the molecule is O=C(NCCc1cccc2[nH]c(C(=O)O)cc12)c1ccccc1. The number of hydrogen-bond donors (Lipinski definition) is 3. The largest absolute Gasteiger partial charge is 0.477 e. The lowest BCUT2D eigenvalue weighted by Gasteiger charge is -2.06. The van der Waals surface area contributed by atoms with Gasteiger partial charge in [0.15, 0.2) is 0 Å². The van der Waals surface area contributed by atoms with Gasteiger partial charge in [-0.25, -0.2) is 4.79 Å². The van der Waals surface area contributed by atoms with E-state index in [1.54, 1.807) is 18.2 Å². The van der Waals surface area contributed by atoms with Crippen LogP contribution in [0, 0.1) is 0 Å². The maximum absolute atomic E-state index is 12.0. The van der Waals surface area contributed by atoms with Crippen molar-refractivity contribution in [2.45, 2.75) is 6.42 Å². The molecule has 116 valence electrons. The summed E-state index contributed by atoms with van der Waals surface area (Å²) in [7, 11) is 0. The van der Waals surface area contributed by atoms with E-state index in [1.165, 1.54) is 0 Å². The van der Waals surface area contributed by atoms with Crippen LogP contribution < -0.4 is 5.32 Å². The van der Waals surface area contributed by atoms with E-state index in [1.807, 2.05) is 36.4 Å². The summed E-state index contributed by atoms with van der Waals surface area (Å²) >= 11 is 0. The van der Waals surface area contributed by atoms with Crippen LogP contribution in [0.4, 0.5) is 0 Å². The normalized spacial score (nSPS) is 10.6. The van der Waals surface area contributed by atoms with E-state index < -0.39 is 5.97 Å². The van der Waals surface area contributed by atoms with Gasteiger partial charge in [0.2, 0.25) is 0 Å². The maximum Gasteiger partial charge on any atom is 0.352 e. The summed E-state index contributed by atoms with van der Waals surface area (Å²) in [5.41, 5.74) is 2.58. The summed E-state index contributed by atoms with van der Waals surface area (Å²) in [5, 5.41) is 12.8. The molecule has 0 saturated carbocycles. The topological polar surface area (TPSA) is 82.2 Å². The van der Waals surface area contributed by atoms with Gasteiger partial charge in [0.25, 0.3) is 5.91 Å². The van der Waals surface area contributed by atoms with Crippen LogP contribution in [0.25, 0.3) is 10.9 Å². The number of fused-ring (bicyclic) bond motifs is 1. The molecule has 0 spiro atoms. The van der Waals surface area contributed by atoms with Gasteiger partial charge in [-0.15, -0.1) is 0 Å². The highest BCUT2D eigenvalue weighted by Gasteiger charge is 2.10. The van der Waals surface area contributed by atoms with Crippen LogP contribution in [-0.4, -0.2) is 28.5 Å². The van der Waals surface area contributed by atoms with Crippen molar-refractivity contribution < 1.29 is 14.7 Å². The molecule has 0 unspecified atom stereocenters. The number of aromatic carboxylic acids is 1. The molecule has 0 aliphatic heterocycles. The smallest absolute Gasteiger partial charge is 0.352 e. The van der Waals surface area contributed by atoms with Gasteiger partial charge in [0, 0.05) is 23.0 Å². The van der Waals surface area contributed by atoms with Crippen LogP contribution in [0.5, 0.6) is 0 Å². The Morgan fingerprint density at radius 1 is 1.04 bits per heavy atom. The molecule has 0 bridgehead atoms. The third-order valence-electron chi connectivity index (χ3n) is 3.70. The second-order valence-electron chi connectivity index (χ2n) is 5.24. The van der Waals surface area contributed by atoms with Crippen molar-refractivity contribution in [1.82, 2.24) is 10.3 Å². The lowest BCUT2D eigenvalue weighted by atomic mass is 10.1. The van der Waals surface area contributed by atoms with Crippen molar-refractivity contribution in [2.75, 3.05) is 6.54 Å². The fraction of sp³-hybridized carbons (Fsp3) is 0.111. The van der Waals surface area contributed by atoms with Crippen molar-refractivity contribution in [2.24, 2.45) is 0 Å². The number of nitrogens with one attached hydrogen (secondary N) is 2. The highest BCUT2D eigenvalue weighted by molar-refractivity contribution is 5.95. The second-order valence-corrected chi connectivity index (χ2v) is 5.24. The molecule has 0 aliphatic carbocycles. The first-order chi connectivity index (χ1) is 11.1. The van der Waals surface area contributed by atoms with Crippen molar-refractivity contribution in [3.05, 3.63) is 71.4 Å². The van der Waals surface area contributed by atoms with E-state index in [9.17, 15) is 9.59 Å². The zero-order valence-corrected chi connectivity index (χ0v) is 12.4. The van der Waals surface area contributed by atoms with E-state index in [2.05, 4.69) is 10.3 Å².